The zero-order valence-corrected chi connectivity index (χ0v) is 26.2. The average Bonchev–Trinajstić information content (AvgIpc) is 3.07. The van der Waals surface area contributed by atoms with Crippen LogP contribution in [0.1, 0.15) is 48.5 Å². The second-order valence-electron chi connectivity index (χ2n) is 10.8. The molecule has 4 atom stereocenters. The number of hydrogen-bond donors (Lipinski definition) is 3. The molecule has 3 N–H and O–H groups in total. The maximum atomic E-state index is 11.8. The van der Waals surface area contributed by atoms with Crippen molar-refractivity contribution in [3.8, 4) is 16.9 Å². The number of nitrogens with one attached hydrogen (secondary N) is 2. The Kier molecular flexibility index (Phi) is 11.0. The second-order valence-corrected chi connectivity index (χ2v) is 11.9. The van der Waals surface area contributed by atoms with Crippen LogP contribution >= 0.6 is 11.8 Å². The standard InChI is InChI=1S/C36H40N2O5S/c1-4-37-36(40)38-21-26-8-7-9-30(20-26)27-16-18-29(19-17-27)35-42-32(23-44-33-11-6-5-10-31(33)41-3)24(2)34(43-35)28-14-12-25(22-39)13-15-28/h5-20,24,32,34-35,39H,4,21-23H2,1-3H3,(H2,37,38,40)/t24-,32+,34+,35+/m1/s1. The zero-order valence-electron chi connectivity index (χ0n) is 25.4. The van der Waals surface area contributed by atoms with Gasteiger partial charge in [0.15, 0.2) is 6.29 Å². The number of hydrogen-bond acceptors (Lipinski definition) is 6. The predicted molar refractivity (Wildman–Crippen MR) is 174 cm³/mol. The molecule has 4 aromatic rings. The lowest BCUT2D eigenvalue weighted by Gasteiger charge is -2.41. The third kappa shape index (κ3) is 7.81. The molecule has 44 heavy (non-hydrogen) atoms. The molecule has 7 nitrogen and oxygen atoms in total. The van der Waals surface area contributed by atoms with Crippen LogP contribution in [-0.4, -0.2) is 36.6 Å². The fourth-order valence-electron chi connectivity index (χ4n) is 5.32. The van der Waals surface area contributed by atoms with E-state index in [0.29, 0.717) is 13.1 Å². The summed E-state index contributed by atoms with van der Waals surface area (Å²) in [5.41, 5.74) is 6.03. The van der Waals surface area contributed by atoms with Gasteiger partial charge in [0.25, 0.3) is 0 Å². The van der Waals surface area contributed by atoms with Crippen molar-refractivity contribution in [1.29, 1.82) is 0 Å². The number of aliphatic hydroxyl groups excluding tert-OH is 1. The van der Waals surface area contributed by atoms with Gasteiger partial charge in [0.05, 0.1) is 25.9 Å². The molecule has 0 aliphatic carbocycles. The Balaban J connectivity index is 1.35. The Bertz CT molecular complexity index is 1510. The van der Waals surface area contributed by atoms with E-state index in [-0.39, 0.29) is 30.8 Å². The molecule has 1 saturated heterocycles. The molecule has 4 aromatic carbocycles. The molecule has 8 heteroatoms. The first-order valence-corrected chi connectivity index (χ1v) is 15.9. The SMILES string of the molecule is CCNC(=O)NCc1cccc(-c2ccc([C@H]3O[C@@H](CSc4ccccc4OC)[C@@H](C)[C@@H](c4ccc(CO)cc4)O3)cc2)c1. The van der Waals surface area contributed by atoms with E-state index in [1.54, 1.807) is 18.9 Å². The van der Waals surface area contributed by atoms with Crippen LogP contribution in [0, 0.1) is 5.92 Å². The van der Waals surface area contributed by atoms with Crippen LogP contribution in [0.25, 0.3) is 11.1 Å². The van der Waals surface area contributed by atoms with Crippen molar-refractivity contribution >= 4 is 17.8 Å². The van der Waals surface area contributed by atoms with Crippen molar-refractivity contribution in [2.45, 2.75) is 50.4 Å². The molecule has 1 aliphatic rings. The van der Waals surface area contributed by atoms with E-state index in [2.05, 4.69) is 60.0 Å². The molecule has 5 rings (SSSR count). The summed E-state index contributed by atoms with van der Waals surface area (Å²) < 4.78 is 18.9. The van der Waals surface area contributed by atoms with Crippen molar-refractivity contribution in [1.82, 2.24) is 10.6 Å². The summed E-state index contributed by atoms with van der Waals surface area (Å²) in [5, 5.41) is 15.2. The van der Waals surface area contributed by atoms with Gasteiger partial charge in [-0.15, -0.1) is 11.8 Å². The van der Waals surface area contributed by atoms with Gasteiger partial charge in [0, 0.05) is 35.2 Å². The Labute approximate surface area is 263 Å². The molecule has 2 amide bonds. The van der Waals surface area contributed by atoms with Gasteiger partial charge in [0.1, 0.15) is 5.75 Å². The molecule has 0 spiro atoms. The van der Waals surface area contributed by atoms with Gasteiger partial charge in [-0.3, -0.25) is 0 Å². The van der Waals surface area contributed by atoms with Crippen LogP contribution in [0.5, 0.6) is 5.75 Å². The molecule has 0 aromatic heterocycles. The minimum Gasteiger partial charge on any atom is -0.496 e. The number of ether oxygens (including phenoxy) is 3. The van der Waals surface area contributed by atoms with Crippen LogP contribution < -0.4 is 15.4 Å². The molecular weight excluding hydrogens is 572 g/mol. The number of benzene rings is 4. The van der Waals surface area contributed by atoms with Gasteiger partial charge < -0.3 is 30.0 Å². The molecule has 0 saturated carbocycles. The van der Waals surface area contributed by atoms with Crippen molar-refractivity contribution < 1.29 is 24.1 Å². The number of aliphatic hydroxyl groups is 1. The van der Waals surface area contributed by atoms with Crippen LogP contribution in [-0.2, 0) is 22.6 Å². The number of thioether (sulfide) groups is 1. The first-order valence-electron chi connectivity index (χ1n) is 15.0. The summed E-state index contributed by atoms with van der Waals surface area (Å²) in [6.07, 6.45) is -0.808. The Morgan fingerprint density at radius 2 is 1.61 bits per heavy atom. The highest BCUT2D eigenvalue weighted by Gasteiger charge is 2.38. The first-order chi connectivity index (χ1) is 21.5. The van der Waals surface area contributed by atoms with Crippen LogP contribution in [0.15, 0.2) is 102 Å². The summed E-state index contributed by atoms with van der Waals surface area (Å²) >= 11 is 1.72. The zero-order chi connectivity index (χ0) is 30.9. The van der Waals surface area contributed by atoms with Crippen molar-refractivity contribution in [3.63, 3.8) is 0 Å². The van der Waals surface area contributed by atoms with Crippen LogP contribution in [0.4, 0.5) is 4.79 Å². The smallest absolute Gasteiger partial charge is 0.315 e. The summed E-state index contributed by atoms with van der Waals surface area (Å²) in [5.74, 6) is 1.68. The topological polar surface area (TPSA) is 89.1 Å². The lowest BCUT2D eigenvalue weighted by atomic mass is 9.91. The molecule has 1 fully saturated rings. The van der Waals surface area contributed by atoms with Gasteiger partial charge in [0.2, 0.25) is 0 Å². The number of rotatable bonds is 11. The average molecular weight is 613 g/mol. The first kappa shape index (κ1) is 31.6. The molecule has 1 aliphatic heterocycles. The second kappa shape index (κ2) is 15.3. The summed E-state index contributed by atoms with van der Waals surface area (Å²) in [6.45, 7) is 5.11. The number of carbonyl (C=O) groups is 1. The summed E-state index contributed by atoms with van der Waals surface area (Å²) in [7, 11) is 1.69. The lowest BCUT2D eigenvalue weighted by molar-refractivity contribution is -0.268. The molecule has 0 radical (unpaired) electrons. The van der Waals surface area contributed by atoms with E-state index in [4.69, 9.17) is 14.2 Å². The third-order valence-electron chi connectivity index (χ3n) is 7.83. The number of urea groups is 1. The third-order valence-corrected chi connectivity index (χ3v) is 8.97. The van der Waals surface area contributed by atoms with Crippen molar-refractivity contribution in [3.05, 3.63) is 119 Å². The molecule has 1 heterocycles. The number of methoxy groups -OCH3 is 1. The van der Waals surface area contributed by atoms with Gasteiger partial charge in [-0.05, 0) is 52.9 Å². The largest absolute Gasteiger partial charge is 0.496 e. The van der Waals surface area contributed by atoms with E-state index >= 15 is 0 Å². The highest BCUT2D eigenvalue weighted by Crippen LogP contribution is 2.44. The summed E-state index contributed by atoms with van der Waals surface area (Å²) in [6, 6.07) is 32.3. The van der Waals surface area contributed by atoms with Crippen molar-refractivity contribution in [2.24, 2.45) is 5.92 Å². The van der Waals surface area contributed by atoms with Gasteiger partial charge in [-0.1, -0.05) is 85.8 Å². The number of amides is 2. The van der Waals surface area contributed by atoms with Gasteiger partial charge in [-0.25, -0.2) is 4.79 Å². The fraction of sp³-hybridized carbons (Fsp3) is 0.306. The van der Waals surface area contributed by atoms with Crippen LogP contribution in [0.3, 0.4) is 0 Å². The minimum atomic E-state index is -0.543. The molecule has 0 bridgehead atoms. The fourth-order valence-corrected chi connectivity index (χ4v) is 6.51. The molecule has 0 unspecified atom stereocenters. The predicted octanol–water partition coefficient (Wildman–Crippen LogP) is 7.26. The van der Waals surface area contributed by atoms with E-state index in [0.717, 1.165) is 49.8 Å². The van der Waals surface area contributed by atoms with Crippen molar-refractivity contribution in [2.75, 3.05) is 19.4 Å². The maximum absolute atomic E-state index is 11.8. The Morgan fingerprint density at radius 3 is 2.34 bits per heavy atom. The van der Waals surface area contributed by atoms with Gasteiger partial charge >= 0.3 is 6.03 Å². The lowest BCUT2D eigenvalue weighted by Crippen LogP contribution is -2.38. The number of para-hydroxylation sites is 1. The quantitative estimate of drug-likeness (QED) is 0.155. The van der Waals surface area contributed by atoms with E-state index in [1.165, 1.54) is 0 Å². The Morgan fingerprint density at radius 1 is 0.864 bits per heavy atom. The normalized spacial score (nSPS) is 19.7. The molecular formula is C36H40N2O5S. The monoisotopic (exact) mass is 612 g/mol. The van der Waals surface area contributed by atoms with E-state index in [1.807, 2.05) is 61.5 Å². The minimum absolute atomic E-state index is 0.00518. The maximum Gasteiger partial charge on any atom is 0.315 e. The van der Waals surface area contributed by atoms with E-state index < -0.39 is 6.29 Å². The highest BCUT2D eigenvalue weighted by molar-refractivity contribution is 7.99. The summed E-state index contributed by atoms with van der Waals surface area (Å²) in [4.78, 5) is 12.9. The van der Waals surface area contributed by atoms with Crippen LogP contribution in [0.2, 0.25) is 0 Å². The highest BCUT2D eigenvalue weighted by atomic mass is 32.2. The molecule has 230 valence electrons. The Hall–Kier alpha value is -3.82. The number of carbonyl (C=O) groups excluding carboxylic acids is 1. The van der Waals surface area contributed by atoms with Gasteiger partial charge in [-0.2, -0.15) is 0 Å². The van der Waals surface area contributed by atoms with E-state index in [9.17, 15) is 9.90 Å².